The van der Waals surface area contributed by atoms with Crippen molar-refractivity contribution in [1.29, 1.82) is 0 Å². The lowest BCUT2D eigenvalue weighted by molar-refractivity contribution is 0.0578. The molecular weight excluding hydrogens is 262 g/mol. The number of carbonyl (C=O) groups excluding carboxylic acids is 1. The molecule has 2 aromatic rings. The zero-order valence-corrected chi connectivity index (χ0v) is 12.1. The number of benzene rings is 2. The van der Waals surface area contributed by atoms with Crippen molar-refractivity contribution in [2.75, 3.05) is 13.2 Å². The summed E-state index contributed by atoms with van der Waals surface area (Å²) in [6.07, 6.45) is 0. The summed E-state index contributed by atoms with van der Waals surface area (Å²) < 4.78 is 0. The molecule has 0 fully saturated rings. The average molecular weight is 281 g/mol. The molecule has 3 rings (SSSR count). The highest BCUT2D eigenvalue weighted by molar-refractivity contribution is 5.97. The minimum atomic E-state index is -0.108. The van der Waals surface area contributed by atoms with Gasteiger partial charge in [0.15, 0.2) is 0 Å². The Morgan fingerprint density at radius 3 is 2.38 bits per heavy atom. The van der Waals surface area contributed by atoms with Crippen molar-refractivity contribution in [1.82, 2.24) is 4.90 Å². The SMILES string of the molecule is CCN1C(=O)c2ccccc2[C@@H](CO)[C@@H]1c1ccccc1. The maximum Gasteiger partial charge on any atom is 0.254 e. The van der Waals surface area contributed by atoms with Crippen molar-refractivity contribution in [2.45, 2.75) is 18.9 Å². The normalized spacial score (nSPS) is 21.2. The Balaban J connectivity index is 2.16. The van der Waals surface area contributed by atoms with Gasteiger partial charge in [-0.15, -0.1) is 0 Å². The number of hydrogen-bond acceptors (Lipinski definition) is 2. The second-order valence-electron chi connectivity index (χ2n) is 5.32. The van der Waals surface area contributed by atoms with E-state index in [4.69, 9.17) is 0 Å². The van der Waals surface area contributed by atoms with Gasteiger partial charge in [-0.3, -0.25) is 4.79 Å². The Morgan fingerprint density at radius 2 is 1.71 bits per heavy atom. The summed E-state index contributed by atoms with van der Waals surface area (Å²) in [6.45, 7) is 2.64. The van der Waals surface area contributed by atoms with E-state index in [9.17, 15) is 9.90 Å². The quantitative estimate of drug-likeness (QED) is 0.939. The summed E-state index contributed by atoms with van der Waals surface area (Å²) in [4.78, 5) is 14.6. The predicted molar refractivity (Wildman–Crippen MR) is 82.2 cm³/mol. The topological polar surface area (TPSA) is 40.5 Å². The lowest BCUT2D eigenvalue weighted by Crippen LogP contribution is -2.43. The van der Waals surface area contributed by atoms with Crippen LogP contribution in [0.5, 0.6) is 0 Å². The first-order chi connectivity index (χ1) is 10.3. The minimum Gasteiger partial charge on any atom is -0.396 e. The third-order valence-electron chi connectivity index (χ3n) is 4.25. The fourth-order valence-corrected chi connectivity index (χ4v) is 3.28. The molecule has 0 aliphatic carbocycles. The van der Waals surface area contributed by atoms with Crippen LogP contribution < -0.4 is 0 Å². The van der Waals surface area contributed by atoms with E-state index >= 15 is 0 Å². The van der Waals surface area contributed by atoms with E-state index in [0.717, 1.165) is 11.1 Å². The zero-order chi connectivity index (χ0) is 14.8. The average Bonchev–Trinajstić information content (AvgIpc) is 2.55. The number of rotatable bonds is 3. The number of likely N-dealkylation sites (N-methyl/N-ethyl adjacent to an activating group) is 1. The molecule has 1 N–H and O–H groups in total. The van der Waals surface area contributed by atoms with E-state index in [1.54, 1.807) is 0 Å². The van der Waals surface area contributed by atoms with E-state index in [1.165, 1.54) is 0 Å². The largest absolute Gasteiger partial charge is 0.396 e. The molecule has 0 bridgehead atoms. The number of aliphatic hydroxyl groups excluding tert-OH is 1. The molecule has 3 nitrogen and oxygen atoms in total. The highest BCUT2D eigenvalue weighted by Gasteiger charge is 2.39. The van der Waals surface area contributed by atoms with Crippen LogP contribution in [0.2, 0.25) is 0 Å². The maximum absolute atomic E-state index is 12.7. The number of amides is 1. The number of fused-ring (bicyclic) bond motifs is 1. The fourth-order valence-electron chi connectivity index (χ4n) is 3.28. The van der Waals surface area contributed by atoms with Crippen LogP contribution in [-0.2, 0) is 0 Å². The zero-order valence-electron chi connectivity index (χ0n) is 12.1. The molecule has 0 saturated heterocycles. The molecule has 1 heterocycles. The molecule has 1 amide bonds. The van der Waals surface area contributed by atoms with Crippen molar-refractivity contribution in [3.63, 3.8) is 0 Å². The summed E-state index contributed by atoms with van der Waals surface area (Å²) in [5.74, 6) is -0.0343. The molecule has 108 valence electrons. The van der Waals surface area contributed by atoms with Gasteiger partial charge in [0.1, 0.15) is 0 Å². The van der Waals surface area contributed by atoms with Crippen molar-refractivity contribution in [2.24, 2.45) is 0 Å². The molecule has 21 heavy (non-hydrogen) atoms. The van der Waals surface area contributed by atoms with Gasteiger partial charge in [-0.05, 0) is 24.1 Å². The van der Waals surface area contributed by atoms with Gasteiger partial charge >= 0.3 is 0 Å². The van der Waals surface area contributed by atoms with E-state index in [-0.39, 0.29) is 24.5 Å². The summed E-state index contributed by atoms with van der Waals surface area (Å²) in [7, 11) is 0. The van der Waals surface area contributed by atoms with E-state index < -0.39 is 0 Å². The molecular formula is C18H19NO2. The van der Waals surface area contributed by atoms with Gasteiger partial charge in [0.05, 0.1) is 12.6 Å². The number of hydrogen-bond donors (Lipinski definition) is 1. The molecule has 2 atom stereocenters. The van der Waals surface area contributed by atoms with Crippen LogP contribution in [0.4, 0.5) is 0 Å². The molecule has 0 radical (unpaired) electrons. The van der Waals surface area contributed by atoms with Crippen LogP contribution in [0.25, 0.3) is 0 Å². The first kappa shape index (κ1) is 13.8. The summed E-state index contributed by atoms with van der Waals surface area (Å²) in [5, 5.41) is 9.93. The van der Waals surface area contributed by atoms with E-state index in [1.807, 2.05) is 66.4 Å². The van der Waals surface area contributed by atoms with Crippen LogP contribution in [0, 0.1) is 0 Å². The monoisotopic (exact) mass is 281 g/mol. The molecule has 2 aromatic carbocycles. The maximum atomic E-state index is 12.7. The molecule has 3 heteroatoms. The van der Waals surface area contributed by atoms with Crippen LogP contribution in [0.3, 0.4) is 0 Å². The molecule has 0 unspecified atom stereocenters. The van der Waals surface area contributed by atoms with Crippen LogP contribution in [-0.4, -0.2) is 29.1 Å². The number of aliphatic hydroxyl groups is 1. The Bertz CT molecular complexity index is 639. The van der Waals surface area contributed by atoms with Gasteiger partial charge in [0.2, 0.25) is 0 Å². The minimum absolute atomic E-state index is 0.0281. The Hall–Kier alpha value is -2.13. The van der Waals surface area contributed by atoms with Crippen molar-refractivity contribution in [3.8, 4) is 0 Å². The second kappa shape index (κ2) is 5.70. The second-order valence-corrected chi connectivity index (χ2v) is 5.32. The Morgan fingerprint density at radius 1 is 1.05 bits per heavy atom. The van der Waals surface area contributed by atoms with Gasteiger partial charge < -0.3 is 10.0 Å². The van der Waals surface area contributed by atoms with E-state index in [2.05, 4.69) is 0 Å². The number of nitrogens with zero attached hydrogens (tertiary/aromatic N) is 1. The van der Waals surface area contributed by atoms with Gasteiger partial charge in [0.25, 0.3) is 5.91 Å². The first-order valence-electron chi connectivity index (χ1n) is 7.33. The lowest BCUT2D eigenvalue weighted by Gasteiger charge is -2.41. The molecule has 0 aromatic heterocycles. The van der Waals surface area contributed by atoms with Crippen molar-refractivity contribution in [3.05, 3.63) is 71.3 Å². The Kier molecular flexibility index (Phi) is 3.76. The lowest BCUT2D eigenvalue weighted by atomic mass is 9.80. The van der Waals surface area contributed by atoms with Gasteiger partial charge in [-0.2, -0.15) is 0 Å². The third kappa shape index (κ3) is 2.24. The molecule has 1 aliphatic heterocycles. The highest BCUT2D eigenvalue weighted by atomic mass is 16.3. The summed E-state index contributed by atoms with van der Waals surface area (Å²) in [5.41, 5.74) is 2.73. The smallest absolute Gasteiger partial charge is 0.254 e. The fraction of sp³-hybridized carbons (Fsp3) is 0.278. The number of carbonyl (C=O) groups is 1. The molecule has 1 aliphatic rings. The van der Waals surface area contributed by atoms with Gasteiger partial charge in [-0.25, -0.2) is 0 Å². The molecule has 0 spiro atoms. The summed E-state index contributed by atoms with van der Waals surface area (Å²) >= 11 is 0. The van der Waals surface area contributed by atoms with Gasteiger partial charge in [-0.1, -0.05) is 48.5 Å². The van der Waals surface area contributed by atoms with Crippen LogP contribution >= 0.6 is 0 Å². The molecule has 0 saturated carbocycles. The van der Waals surface area contributed by atoms with Crippen LogP contribution in [0.15, 0.2) is 54.6 Å². The van der Waals surface area contributed by atoms with Crippen molar-refractivity contribution < 1.29 is 9.90 Å². The predicted octanol–water partition coefficient (Wildman–Crippen LogP) is 2.98. The first-order valence-corrected chi connectivity index (χ1v) is 7.33. The summed E-state index contributed by atoms with van der Waals surface area (Å²) in [6, 6.07) is 17.5. The third-order valence-corrected chi connectivity index (χ3v) is 4.25. The Labute approximate surface area is 124 Å². The highest BCUT2D eigenvalue weighted by Crippen LogP contribution is 2.41. The van der Waals surface area contributed by atoms with Gasteiger partial charge in [0, 0.05) is 18.0 Å². The van der Waals surface area contributed by atoms with Crippen LogP contribution in [0.1, 0.15) is 40.4 Å². The standard InChI is InChI=1S/C18H19NO2/c1-2-19-17(13-8-4-3-5-9-13)16(12-20)14-10-6-7-11-15(14)18(19)21/h3-11,16-17,20H,2,12H2,1H3/t16-,17+/m1/s1. The van der Waals surface area contributed by atoms with E-state index in [0.29, 0.717) is 12.1 Å². The van der Waals surface area contributed by atoms with Crippen molar-refractivity contribution >= 4 is 5.91 Å².